The van der Waals surface area contributed by atoms with Gasteiger partial charge in [0.15, 0.2) is 0 Å². The Hall–Kier alpha value is -2.39. The minimum absolute atomic E-state index is 0.0805. The molecule has 1 N–H and O–H groups in total. The van der Waals surface area contributed by atoms with Crippen molar-refractivity contribution < 1.29 is 9.90 Å². The molecular weight excluding hydrogens is 262 g/mol. The van der Waals surface area contributed by atoms with Gasteiger partial charge in [0.1, 0.15) is 6.07 Å². The third-order valence-electron chi connectivity index (χ3n) is 2.57. The van der Waals surface area contributed by atoms with Crippen molar-refractivity contribution in [1.29, 1.82) is 5.26 Å². The number of thiazole rings is 1. The number of rotatable bonds is 4. The van der Waals surface area contributed by atoms with Crippen molar-refractivity contribution in [2.24, 2.45) is 0 Å². The lowest BCUT2D eigenvalue weighted by Crippen LogP contribution is -2.17. The summed E-state index contributed by atoms with van der Waals surface area (Å²) in [5.74, 6) is -1.02. The molecule has 2 rings (SSSR count). The lowest BCUT2D eigenvalue weighted by atomic mass is 10.2. The van der Waals surface area contributed by atoms with Gasteiger partial charge in [-0.25, -0.2) is 9.78 Å². The van der Waals surface area contributed by atoms with Crippen LogP contribution in [0, 0.1) is 11.3 Å². The molecule has 0 aliphatic carbocycles. The van der Waals surface area contributed by atoms with Crippen LogP contribution in [0.4, 0.5) is 5.69 Å². The van der Waals surface area contributed by atoms with Gasteiger partial charge in [0, 0.05) is 12.4 Å². The van der Waals surface area contributed by atoms with E-state index in [-0.39, 0.29) is 5.01 Å². The van der Waals surface area contributed by atoms with Gasteiger partial charge in [-0.2, -0.15) is 5.26 Å². The van der Waals surface area contributed by atoms with Gasteiger partial charge >= 0.3 is 5.97 Å². The average Bonchev–Trinajstić information content (AvgIpc) is 2.87. The second-order valence-electron chi connectivity index (χ2n) is 3.93. The Labute approximate surface area is 114 Å². The third kappa shape index (κ3) is 2.89. The summed E-state index contributed by atoms with van der Waals surface area (Å²) < 4.78 is 0. The van der Waals surface area contributed by atoms with E-state index in [1.807, 2.05) is 24.1 Å². The molecule has 0 atom stereocenters. The van der Waals surface area contributed by atoms with E-state index in [1.54, 1.807) is 17.5 Å². The molecule has 2 aromatic rings. The Kier molecular flexibility index (Phi) is 3.78. The van der Waals surface area contributed by atoms with Crippen molar-refractivity contribution in [3.63, 3.8) is 0 Å². The fourth-order valence-electron chi connectivity index (χ4n) is 1.71. The number of nitrogens with zero attached hydrogens (tertiary/aromatic N) is 3. The van der Waals surface area contributed by atoms with E-state index in [9.17, 15) is 4.79 Å². The largest absolute Gasteiger partial charge is 0.476 e. The van der Waals surface area contributed by atoms with Gasteiger partial charge < -0.3 is 10.0 Å². The van der Waals surface area contributed by atoms with Crippen LogP contribution in [0.15, 0.2) is 29.6 Å². The predicted molar refractivity (Wildman–Crippen MR) is 72.3 cm³/mol. The molecule has 96 valence electrons. The first-order valence-electron chi connectivity index (χ1n) is 5.50. The number of aromatic carboxylic acids is 1. The number of aromatic nitrogens is 1. The first kappa shape index (κ1) is 13.1. The van der Waals surface area contributed by atoms with E-state index in [2.05, 4.69) is 11.1 Å². The Balaban J connectivity index is 2.18. The predicted octanol–water partition coefficient (Wildman–Crippen LogP) is 2.35. The zero-order valence-electron chi connectivity index (χ0n) is 10.2. The summed E-state index contributed by atoms with van der Waals surface area (Å²) in [4.78, 5) is 16.7. The van der Waals surface area contributed by atoms with Gasteiger partial charge in [-0.3, -0.25) is 0 Å². The zero-order valence-corrected chi connectivity index (χ0v) is 11.0. The van der Waals surface area contributed by atoms with Crippen molar-refractivity contribution in [1.82, 2.24) is 4.98 Å². The Morgan fingerprint density at radius 3 is 2.89 bits per heavy atom. The summed E-state index contributed by atoms with van der Waals surface area (Å²) in [6.45, 7) is 0.461. The Bertz CT molecular complexity index is 645. The molecule has 1 aromatic heterocycles. The van der Waals surface area contributed by atoms with E-state index < -0.39 is 5.97 Å². The lowest BCUT2D eigenvalue weighted by molar-refractivity contribution is 0.0696. The van der Waals surface area contributed by atoms with Gasteiger partial charge in [0.25, 0.3) is 0 Å². The summed E-state index contributed by atoms with van der Waals surface area (Å²) in [7, 11) is 1.84. The highest BCUT2D eigenvalue weighted by Crippen LogP contribution is 2.20. The highest BCUT2D eigenvalue weighted by molar-refractivity contribution is 7.11. The van der Waals surface area contributed by atoms with Crippen LogP contribution in [0.25, 0.3) is 0 Å². The topological polar surface area (TPSA) is 77.2 Å². The van der Waals surface area contributed by atoms with Crippen molar-refractivity contribution in [3.05, 3.63) is 45.9 Å². The minimum atomic E-state index is -1.02. The highest BCUT2D eigenvalue weighted by atomic mass is 32.1. The van der Waals surface area contributed by atoms with Crippen LogP contribution in [0.1, 0.15) is 21.1 Å². The third-order valence-corrected chi connectivity index (χ3v) is 3.45. The first-order valence-corrected chi connectivity index (χ1v) is 6.37. The number of anilines is 1. The van der Waals surface area contributed by atoms with E-state index in [0.717, 1.165) is 17.0 Å². The van der Waals surface area contributed by atoms with Gasteiger partial charge in [0.05, 0.1) is 23.5 Å². The van der Waals surface area contributed by atoms with Crippen LogP contribution in [0.2, 0.25) is 0 Å². The molecule has 0 radical (unpaired) electrons. The number of hydrogen-bond donors (Lipinski definition) is 1. The average molecular weight is 273 g/mol. The van der Waals surface area contributed by atoms with E-state index in [4.69, 9.17) is 10.4 Å². The maximum absolute atomic E-state index is 10.8. The van der Waals surface area contributed by atoms with E-state index >= 15 is 0 Å². The number of carbonyl (C=O) groups is 1. The molecule has 0 aliphatic rings. The highest BCUT2D eigenvalue weighted by Gasteiger charge is 2.12. The lowest BCUT2D eigenvalue weighted by Gasteiger charge is -2.19. The maximum atomic E-state index is 10.8. The zero-order chi connectivity index (χ0) is 13.8. The van der Waals surface area contributed by atoms with Crippen LogP contribution in [0.5, 0.6) is 0 Å². The summed E-state index contributed by atoms with van der Waals surface area (Å²) in [6, 6.07) is 9.39. The summed E-state index contributed by atoms with van der Waals surface area (Å²) in [5.41, 5.74) is 2.06. The van der Waals surface area contributed by atoms with Crippen molar-refractivity contribution in [2.45, 2.75) is 6.54 Å². The van der Waals surface area contributed by atoms with Gasteiger partial charge in [-0.05, 0) is 12.1 Å². The molecule has 0 unspecified atom stereocenters. The summed E-state index contributed by atoms with van der Waals surface area (Å²) in [6.07, 6.45) is 0. The quantitative estimate of drug-likeness (QED) is 0.925. The molecule has 0 fully saturated rings. The molecule has 6 heteroatoms. The molecular formula is C13H11N3O2S. The fraction of sp³-hybridized carbons (Fsp3) is 0.154. The second kappa shape index (κ2) is 5.50. The number of hydrogen-bond acceptors (Lipinski definition) is 5. The van der Waals surface area contributed by atoms with E-state index in [0.29, 0.717) is 17.8 Å². The molecule has 0 aliphatic heterocycles. The van der Waals surface area contributed by atoms with Crippen molar-refractivity contribution in [2.75, 3.05) is 11.9 Å². The molecule has 5 nitrogen and oxygen atoms in total. The number of carboxylic acids is 1. The van der Waals surface area contributed by atoms with Gasteiger partial charge in [-0.15, -0.1) is 11.3 Å². The number of carboxylic acid groups (broad SMARTS) is 1. The molecule has 0 bridgehead atoms. The first-order chi connectivity index (χ1) is 9.11. The molecule has 0 amide bonds. The van der Waals surface area contributed by atoms with Gasteiger partial charge in [0.2, 0.25) is 5.01 Å². The van der Waals surface area contributed by atoms with Gasteiger partial charge in [-0.1, -0.05) is 12.1 Å². The fourth-order valence-corrected chi connectivity index (χ4v) is 2.35. The molecule has 0 saturated carbocycles. The van der Waals surface area contributed by atoms with Crippen LogP contribution >= 0.6 is 11.3 Å². The second-order valence-corrected chi connectivity index (χ2v) is 4.79. The number of benzene rings is 1. The van der Waals surface area contributed by atoms with Crippen molar-refractivity contribution in [3.8, 4) is 6.07 Å². The smallest absolute Gasteiger partial charge is 0.365 e. The maximum Gasteiger partial charge on any atom is 0.365 e. The number of nitriles is 1. The SMILES string of the molecule is CN(Cc1csc(C(=O)O)n1)c1ccccc1C#N. The standard InChI is InChI=1S/C13H11N3O2S/c1-16(11-5-3-2-4-9(11)6-14)7-10-8-19-12(15-10)13(17)18/h2-5,8H,7H2,1H3,(H,17,18). The molecule has 19 heavy (non-hydrogen) atoms. The Morgan fingerprint density at radius 1 is 1.53 bits per heavy atom. The van der Waals surface area contributed by atoms with E-state index in [1.165, 1.54) is 0 Å². The summed E-state index contributed by atoms with van der Waals surface area (Å²) >= 11 is 1.10. The molecule has 1 aromatic carbocycles. The number of para-hydroxylation sites is 1. The minimum Gasteiger partial charge on any atom is -0.476 e. The monoisotopic (exact) mass is 273 g/mol. The summed E-state index contributed by atoms with van der Waals surface area (Å²) in [5, 5.41) is 19.7. The van der Waals surface area contributed by atoms with Crippen LogP contribution in [-0.2, 0) is 6.54 Å². The van der Waals surface area contributed by atoms with Crippen molar-refractivity contribution >= 4 is 23.0 Å². The Morgan fingerprint density at radius 2 is 2.26 bits per heavy atom. The molecule has 1 heterocycles. The van der Waals surface area contributed by atoms with Crippen LogP contribution in [0.3, 0.4) is 0 Å². The normalized spacial score (nSPS) is 9.89. The molecule has 0 spiro atoms. The van der Waals surface area contributed by atoms with Crippen LogP contribution < -0.4 is 4.90 Å². The molecule has 0 saturated heterocycles. The van der Waals surface area contributed by atoms with Crippen LogP contribution in [-0.4, -0.2) is 23.1 Å².